The Balaban J connectivity index is 1.67. The number of carbonyl (C=O) groups excluding carboxylic acids is 1. The van der Waals surface area contributed by atoms with Crippen molar-refractivity contribution in [3.05, 3.63) is 35.4 Å². The Bertz CT molecular complexity index is 652. The quantitative estimate of drug-likeness (QED) is 0.877. The van der Waals surface area contributed by atoms with Crippen LogP contribution in [-0.2, 0) is 19.5 Å². The first-order valence-electron chi connectivity index (χ1n) is 7.17. The van der Waals surface area contributed by atoms with E-state index in [9.17, 15) is 4.79 Å². The summed E-state index contributed by atoms with van der Waals surface area (Å²) in [7, 11) is 3.53. The van der Waals surface area contributed by atoms with Crippen LogP contribution in [0.25, 0.3) is 0 Å². The molecule has 22 heavy (non-hydrogen) atoms. The summed E-state index contributed by atoms with van der Waals surface area (Å²) in [6, 6.07) is 1.80. The van der Waals surface area contributed by atoms with E-state index in [2.05, 4.69) is 25.5 Å². The molecule has 0 radical (unpaired) electrons. The standard InChI is InChI=1S/C14H19N7O/c1-20(2)14(22)21-7-4-10-11(18-19-12(10)9-21)8-17-13-15-5-3-6-16-13/h3,5-6H,4,7-9H2,1-2H3,(H,18,19)(H,15,16,17). The van der Waals surface area contributed by atoms with Crippen molar-refractivity contribution < 1.29 is 4.79 Å². The minimum absolute atomic E-state index is 0.0256. The van der Waals surface area contributed by atoms with E-state index in [0.717, 1.165) is 17.8 Å². The van der Waals surface area contributed by atoms with Crippen molar-refractivity contribution in [2.24, 2.45) is 0 Å². The highest BCUT2D eigenvalue weighted by Gasteiger charge is 2.25. The Kier molecular flexibility index (Phi) is 3.90. The summed E-state index contributed by atoms with van der Waals surface area (Å²) in [5.74, 6) is 0.583. The molecular formula is C14H19N7O. The number of amides is 2. The van der Waals surface area contributed by atoms with Crippen molar-refractivity contribution in [2.75, 3.05) is 26.0 Å². The minimum atomic E-state index is 0.0256. The smallest absolute Gasteiger partial charge is 0.319 e. The SMILES string of the molecule is CN(C)C(=O)N1CCc2c(CNc3ncccn3)n[nH]c2C1. The first kappa shape index (κ1) is 14.3. The second kappa shape index (κ2) is 6.00. The van der Waals surface area contributed by atoms with Crippen LogP contribution in [0.15, 0.2) is 18.5 Å². The zero-order valence-electron chi connectivity index (χ0n) is 12.7. The van der Waals surface area contributed by atoms with E-state index in [1.165, 1.54) is 5.56 Å². The number of carbonyl (C=O) groups is 1. The fraction of sp³-hybridized carbons (Fsp3) is 0.429. The van der Waals surface area contributed by atoms with Gasteiger partial charge < -0.3 is 15.1 Å². The maximum atomic E-state index is 12.0. The number of H-pyrrole nitrogens is 1. The highest BCUT2D eigenvalue weighted by atomic mass is 16.2. The van der Waals surface area contributed by atoms with Crippen molar-refractivity contribution in [3.8, 4) is 0 Å². The largest absolute Gasteiger partial charge is 0.348 e. The lowest BCUT2D eigenvalue weighted by atomic mass is 10.0. The Morgan fingerprint density at radius 2 is 2.18 bits per heavy atom. The lowest BCUT2D eigenvalue weighted by Crippen LogP contribution is -2.42. The second-order valence-electron chi connectivity index (χ2n) is 5.40. The van der Waals surface area contributed by atoms with Crippen molar-refractivity contribution in [1.82, 2.24) is 30.0 Å². The number of fused-ring (bicyclic) bond motifs is 1. The number of aromatic amines is 1. The molecule has 3 rings (SSSR count). The van der Waals surface area contributed by atoms with E-state index < -0.39 is 0 Å². The molecule has 116 valence electrons. The Morgan fingerprint density at radius 1 is 1.41 bits per heavy atom. The van der Waals surface area contributed by atoms with E-state index in [1.807, 2.05) is 4.90 Å². The van der Waals surface area contributed by atoms with E-state index in [0.29, 0.717) is 25.6 Å². The average Bonchev–Trinajstić information content (AvgIpc) is 2.95. The molecule has 3 heterocycles. The number of urea groups is 1. The predicted octanol–water partition coefficient (Wildman–Crippen LogP) is 0.851. The van der Waals surface area contributed by atoms with Gasteiger partial charge in [0.1, 0.15) is 0 Å². The van der Waals surface area contributed by atoms with Gasteiger partial charge >= 0.3 is 6.03 Å². The molecule has 8 nitrogen and oxygen atoms in total. The van der Waals surface area contributed by atoms with Crippen LogP contribution in [0.1, 0.15) is 17.0 Å². The van der Waals surface area contributed by atoms with E-state index in [4.69, 9.17) is 0 Å². The predicted molar refractivity (Wildman–Crippen MR) is 81.1 cm³/mol. The Morgan fingerprint density at radius 3 is 2.91 bits per heavy atom. The van der Waals surface area contributed by atoms with Crippen LogP contribution in [0, 0.1) is 0 Å². The number of aromatic nitrogens is 4. The Labute approximate surface area is 128 Å². The van der Waals surface area contributed by atoms with Gasteiger partial charge in [-0.05, 0) is 12.5 Å². The number of anilines is 1. The molecule has 0 aliphatic carbocycles. The van der Waals surface area contributed by atoms with Gasteiger partial charge in [0.25, 0.3) is 0 Å². The molecule has 1 aliphatic heterocycles. The number of hydrogen-bond acceptors (Lipinski definition) is 5. The molecule has 0 spiro atoms. The molecule has 2 aromatic rings. The molecule has 0 atom stereocenters. The maximum Gasteiger partial charge on any atom is 0.319 e. The third-order valence-electron chi connectivity index (χ3n) is 3.65. The third-order valence-corrected chi connectivity index (χ3v) is 3.65. The first-order valence-corrected chi connectivity index (χ1v) is 7.17. The van der Waals surface area contributed by atoms with Crippen LogP contribution in [0.5, 0.6) is 0 Å². The van der Waals surface area contributed by atoms with Gasteiger partial charge in [0.2, 0.25) is 5.95 Å². The van der Waals surface area contributed by atoms with Crippen LogP contribution in [0.3, 0.4) is 0 Å². The van der Waals surface area contributed by atoms with Gasteiger partial charge in [-0.15, -0.1) is 0 Å². The molecule has 2 aromatic heterocycles. The van der Waals surface area contributed by atoms with Crippen molar-refractivity contribution in [2.45, 2.75) is 19.5 Å². The maximum absolute atomic E-state index is 12.0. The molecule has 8 heteroatoms. The summed E-state index contributed by atoms with van der Waals surface area (Å²) in [5, 5.41) is 10.6. The molecule has 0 saturated heterocycles. The van der Waals surface area contributed by atoms with Crippen LogP contribution in [-0.4, -0.2) is 56.6 Å². The monoisotopic (exact) mass is 301 g/mol. The lowest BCUT2D eigenvalue weighted by molar-refractivity contribution is 0.165. The van der Waals surface area contributed by atoms with E-state index >= 15 is 0 Å². The summed E-state index contributed by atoms with van der Waals surface area (Å²) in [6.45, 7) is 1.84. The van der Waals surface area contributed by atoms with Gasteiger partial charge in [-0.1, -0.05) is 0 Å². The molecule has 0 unspecified atom stereocenters. The first-order chi connectivity index (χ1) is 10.6. The number of nitrogens with one attached hydrogen (secondary N) is 2. The fourth-order valence-electron chi connectivity index (χ4n) is 2.53. The summed E-state index contributed by atoms with van der Waals surface area (Å²) < 4.78 is 0. The van der Waals surface area contributed by atoms with Crippen molar-refractivity contribution in [3.63, 3.8) is 0 Å². The molecule has 0 bridgehead atoms. The molecule has 1 aliphatic rings. The second-order valence-corrected chi connectivity index (χ2v) is 5.40. The zero-order chi connectivity index (χ0) is 15.5. The van der Waals surface area contributed by atoms with Crippen LogP contribution >= 0.6 is 0 Å². The summed E-state index contributed by atoms with van der Waals surface area (Å²) in [6.07, 6.45) is 4.19. The number of rotatable bonds is 3. The summed E-state index contributed by atoms with van der Waals surface area (Å²) in [4.78, 5) is 23.7. The number of hydrogen-bond donors (Lipinski definition) is 2. The zero-order valence-corrected chi connectivity index (χ0v) is 12.7. The van der Waals surface area contributed by atoms with E-state index in [-0.39, 0.29) is 6.03 Å². The number of nitrogens with zero attached hydrogens (tertiary/aromatic N) is 5. The van der Waals surface area contributed by atoms with Crippen LogP contribution < -0.4 is 5.32 Å². The summed E-state index contributed by atoms with van der Waals surface area (Å²) >= 11 is 0. The van der Waals surface area contributed by atoms with E-state index in [1.54, 1.807) is 37.5 Å². The highest BCUT2D eigenvalue weighted by molar-refractivity contribution is 5.74. The van der Waals surface area contributed by atoms with Gasteiger partial charge in [0, 0.05) is 38.6 Å². The van der Waals surface area contributed by atoms with Gasteiger partial charge in [-0.25, -0.2) is 14.8 Å². The van der Waals surface area contributed by atoms with Crippen LogP contribution in [0.4, 0.5) is 10.7 Å². The summed E-state index contributed by atoms with van der Waals surface area (Å²) in [5.41, 5.74) is 3.15. The molecule has 0 aromatic carbocycles. The normalized spacial score (nSPS) is 13.6. The third kappa shape index (κ3) is 2.85. The topological polar surface area (TPSA) is 90.0 Å². The van der Waals surface area contributed by atoms with Crippen molar-refractivity contribution in [1.29, 1.82) is 0 Å². The van der Waals surface area contributed by atoms with Gasteiger partial charge in [-0.2, -0.15) is 5.10 Å². The van der Waals surface area contributed by atoms with Crippen LogP contribution in [0.2, 0.25) is 0 Å². The Hall–Kier alpha value is -2.64. The molecule has 2 amide bonds. The van der Waals surface area contributed by atoms with Gasteiger partial charge in [0.05, 0.1) is 24.5 Å². The van der Waals surface area contributed by atoms with Gasteiger partial charge in [-0.3, -0.25) is 5.10 Å². The molecule has 0 saturated carbocycles. The molecule has 2 N–H and O–H groups in total. The molecular weight excluding hydrogens is 282 g/mol. The minimum Gasteiger partial charge on any atom is -0.348 e. The average molecular weight is 301 g/mol. The lowest BCUT2D eigenvalue weighted by Gasteiger charge is -2.29. The van der Waals surface area contributed by atoms with Gasteiger partial charge in [0.15, 0.2) is 0 Å². The molecule has 0 fully saturated rings. The highest BCUT2D eigenvalue weighted by Crippen LogP contribution is 2.21. The van der Waals surface area contributed by atoms with Crippen molar-refractivity contribution >= 4 is 12.0 Å². The fourth-order valence-corrected chi connectivity index (χ4v) is 2.53.